The highest BCUT2D eigenvalue weighted by atomic mass is 19.3. The summed E-state index contributed by atoms with van der Waals surface area (Å²) in [5, 5.41) is 15.0. The van der Waals surface area contributed by atoms with E-state index in [4.69, 9.17) is 4.74 Å². The number of hydrogen-bond donors (Lipinski definition) is 1. The summed E-state index contributed by atoms with van der Waals surface area (Å²) < 4.78 is 50.6. The maximum absolute atomic E-state index is 16.0. The standard InChI is InChI=1S/C25H21F3N6O3/c1-25(27,28)24-32-30-18-12-33(7-8-34(18)24)23(36)19-20(26)14(10-13-6-9-37-21(13)19)11-17-15-4-2-3-5-16(15)22(35)31-29-17/h2-5,10H,6-9,11-12H2,1H3,(H,31,35). The van der Waals surface area contributed by atoms with Crippen LogP contribution in [0.3, 0.4) is 0 Å². The molecule has 0 atom stereocenters. The van der Waals surface area contributed by atoms with Gasteiger partial charge < -0.3 is 14.2 Å². The number of fused-ring (bicyclic) bond motifs is 3. The Morgan fingerprint density at radius 3 is 2.76 bits per heavy atom. The molecular formula is C25H21F3N6O3. The zero-order valence-electron chi connectivity index (χ0n) is 19.7. The Morgan fingerprint density at radius 1 is 1.19 bits per heavy atom. The van der Waals surface area contributed by atoms with Gasteiger partial charge in [0.05, 0.1) is 24.2 Å². The first kappa shape index (κ1) is 23.2. The lowest BCUT2D eigenvalue weighted by Crippen LogP contribution is -2.40. The van der Waals surface area contributed by atoms with Crippen molar-refractivity contribution in [1.29, 1.82) is 0 Å². The minimum atomic E-state index is -3.17. The van der Waals surface area contributed by atoms with Gasteiger partial charge in [-0.05, 0) is 23.3 Å². The van der Waals surface area contributed by atoms with Crippen molar-refractivity contribution in [2.45, 2.75) is 38.8 Å². The number of alkyl halides is 2. The fourth-order valence-corrected chi connectivity index (χ4v) is 4.99. The molecule has 9 nitrogen and oxygen atoms in total. The van der Waals surface area contributed by atoms with E-state index in [9.17, 15) is 18.4 Å². The summed E-state index contributed by atoms with van der Waals surface area (Å²) in [5.74, 6) is -4.60. The van der Waals surface area contributed by atoms with E-state index < -0.39 is 23.5 Å². The van der Waals surface area contributed by atoms with Crippen LogP contribution in [-0.2, 0) is 31.9 Å². The Labute approximate surface area is 207 Å². The summed E-state index contributed by atoms with van der Waals surface area (Å²) in [4.78, 5) is 27.1. The number of nitrogens with zero attached hydrogens (tertiary/aromatic N) is 5. The van der Waals surface area contributed by atoms with Crippen LogP contribution < -0.4 is 10.3 Å². The smallest absolute Gasteiger partial charge is 0.304 e. The summed E-state index contributed by atoms with van der Waals surface area (Å²) in [6, 6.07) is 8.57. The molecule has 6 rings (SSSR count). The van der Waals surface area contributed by atoms with Crippen LogP contribution in [0.4, 0.5) is 13.2 Å². The van der Waals surface area contributed by atoms with Gasteiger partial charge in [0, 0.05) is 38.2 Å². The molecule has 190 valence electrons. The second kappa shape index (κ2) is 8.43. The van der Waals surface area contributed by atoms with Gasteiger partial charge in [-0.3, -0.25) is 9.59 Å². The fraction of sp³-hybridized carbons (Fsp3) is 0.320. The van der Waals surface area contributed by atoms with Crippen LogP contribution in [0.1, 0.15) is 45.8 Å². The molecule has 1 N–H and O–H groups in total. The van der Waals surface area contributed by atoms with Gasteiger partial charge in [-0.2, -0.15) is 13.9 Å². The summed E-state index contributed by atoms with van der Waals surface area (Å²) in [6.07, 6.45) is 0.548. The normalized spacial score (nSPS) is 15.0. The first-order chi connectivity index (χ1) is 17.7. The van der Waals surface area contributed by atoms with Gasteiger partial charge in [-0.1, -0.05) is 18.2 Å². The second-order valence-corrected chi connectivity index (χ2v) is 9.24. The highest BCUT2D eigenvalue weighted by Crippen LogP contribution is 2.36. The van der Waals surface area contributed by atoms with E-state index in [0.717, 1.165) is 6.92 Å². The van der Waals surface area contributed by atoms with Gasteiger partial charge in [0.2, 0.25) is 5.82 Å². The highest BCUT2D eigenvalue weighted by Gasteiger charge is 2.37. The molecule has 0 spiro atoms. The molecule has 2 aromatic heterocycles. The molecule has 0 unspecified atom stereocenters. The Morgan fingerprint density at radius 2 is 1.97 bits per heavy atom. The van der Waals surface area contributed by atoms with Gasteiger partial charge in [-0.25, -0.2) is 9.49 Å². The molecule has 0 bridgehead atoms. The molecule has 4 heterocycles. The van der Waals surface area contributed by atoms with E-state index in [0.29, 0.717) is 35.1 Å². The number of carbonyl (C=O) groups excluding carboxylic acids is 1. The zero-order chi connectivity index (χ0) is 25.9. The van der Waals surface area contributed by atoms with Crippen molar-refractivity contribution in [3.8, 4) is 5.75 Å². The van der Waals surface area contributed by atoms with E-state index >= 15 is 4.39 Å². The third kappa shape index (κ3) is 3.83. The maximum Gasteiger partial charge on any atom is 0.304 e. The predicted molar refractivity (Wildman–Crippen MR) is 125 cm³/mol. The van der Waals surface area contributed by atoms with E-state index in [2.05, 4.69) is 20.4 Å². The molecule has 12 heteroatoms. The van der Waals surface area contributed by atoms with Crippen molar-refractivity contribution in [2.75, 3.05) is 13.2 Å². The number of carbonyl (C=O) groups is 1. The Hall–Kier alpha value is -4.22. The van der Waals surface area contributed by atoms with Gasteiger partial charge >= 0.3 is 5.92 Å². The predicted octanol–water partition coefficient (Wildman–Crippen LogP) is 2.95. The number of H-pyrrole nitrogens is 1. The lowest BCUT2D eigenvalue weighted by Gasteiger charge is -2.29. The molecule has 37 heavy (non-hydrogen) atoms. The number of rotatable bonds is 4. The van der Waals surface area contributed by atoms with E-state index in [-0.39, 0.29) is 54.3 Å². The first-order valence-electron chi connectivity index (χ1n) is 11.8. The molecule has 2 aromatic carbocycles. The molecule has 0 fully saturated rings. The van der Waals surface area contributed by atoms with Crippen LogP contribution >= 0.6 is 0 Å². The quantitative estimate of drug-likeness (QED) is 0.453. The molecule has 1 amide bonds. The van der Waals surface area contributed by atoms with Gasteiger partial charge in [-0.15, -0.1) is 10.2 Å². The highest BCUT2D eigenvalue weighted by molar-refractivity contribution is 5.98. The van der Waals surface area contributed by atoms with Crippen molar-refractivity contribution >= 4 is 16.7 Å². The maximum atomic E-state index is 16.0. The summed E-state index contributed by atoms with van der Waals surface area (Å²) in [5.41, 5.74) is 0.852. The van der Waals surface area contributed by atoms with Crippen molar-refractivity contribution < 1.29 is 22.7 Å². The number of hydrogen-bond acceptors (Lipinski definition) is 6. The zero-order valence-corrected chi connectivity index (χ0v) is 19.7. The first-order valence-corrected chi connectivity index (χ1v) is 11.8. The molecule has 0 aliphatic carbocycles. The Bertz CT molecular complexity index is 1620. The second-order valence-electron chi connectivity index (χ2n) is 9.24. The third-order valence-corrected chi connectivity index (χ3v) is 6.77. The largest absolute Gasteiger partial charge is 0.492 e. The van der Waals surface area contributed by atoms with Crippen molar-refractivity contribution in [1.82, 2.24) is 29.9 Å². The molecule has 0 radical (unpaired) electrons. The van der Waals surface area contributed by atoms with Crippen LogP contribution in [0.25, 0.3) is 10.8 Å². The average molecular weight is 510 g/mol. The Kier molecular flexibility index (Phi) is 5.28. The monoisotopic (exact) mass is 510 g/mol. The lowest BCUT2D eigenvalue weighted by atomic mass is 9.97. The molecule has 2 aliphatic heterocycles. The Balaban J connectivity index is 1.37. The minimum Gasteiger partial charge on any atom is -0.492 e. The van der Waals surface area contributed by atoms with Crippen molar-refractivity contribution in [3.63, 3.8) is 0 Å². The number of amides is 1. The number of ether oxygens (including phenoxy) is 1. The summed E-state index contributed by atoms with van der Waals surface area (Å²) in [6.45, 7) is 1.10. The van der Waals surface area contributed by atoms with Crippen LogP contribution in [0.2, 0.25) is 0 Å². The molecule has 0 saturated carbocycles. The van der Waals surface area contributed by atoms with Crippen molar-refractivity contribution in [3.05, 3.63) is 80.5 Å². The minimum absolute atomic E-state index is 0.0416. The van der Waals surface area contributed by atoms with E-state index in [1.807, 2.05) is 0 Å². The lowest BCUT2D eigenvalue weighted by molar-refractivity contribution is 0.00229. The fourth-order valence-electron chi connectivity index (χ4n) is 4.99. The number of nitrogens with one attached hydrogen (secondary N) is 1. The number of halogens is 3. The number of benzene rings is 2. The molecule has 0 saturated heterocycles. The molecular weight excluding hydrogens is 489 g/mol. The van der Waals surface area contributed by atoms with Crippen LogP contribution in [-0.4, -0.2) is 48.9 Å². The van der Waals surface area contributed by atoms with E-state index in [1.165, 1.54) is 9.47 Å². The van der Waals surface area contributed by atoms with Crippen LogP contribution in [0.5, 0.6) is 5.75 Å². The topological polar surface area (TPSA) is 106 Å². The summed E-state index contributed by atoms with van der Waals surface area (Å²) >= 11 is 0. The third-order valence-electron chi connectivity index (χ3n) is 6.77. The SMILES string of the molecule is CC(F)(F)c1nnc2n1CCN(C(=O)c1c(F)c(Cc3n[nH]c(=O)c4ccccc34)cc3c1OCC3)C2. The number of aromatic amines is 1. The van der Waals surface area contributed by atoms with Gasteiger partial charge in [0.15, 0.2) is 5.82 Å². The molecule has 4 aromatic rings. The van der Waals surface area contributed by atoms with Crippen LogP contribution in [0, 0.1) is 5.82 Å². The van der Waals surface area contributed by atoms with Crippen molar-refractivity contribution in [2.24, 2.45) is 0 Å². The summed E-state index contributed by atoms with van der Waals surface area (Å²) in [7, 11) is 0. The molecule has 2 aliphatic rings. The van der Waals surface area contributed by atoms with Gasteiger partial charge in [0.25, 0.3) is 11.5 Å². The van der Waals surface area contributed by atoms with Crippen LogP contribution in [0.15, 0.2) is 35.1 Å². The number of aromatic nitrogens is 5. The average Bonchev–Trinajstić information content (AvgIpc) is 3.52. The van der Waals surface area contributed by atoms with Gasteiger partial charge in [0.1, 0.15) is 17.1 Å². The van der Waals surface area contributed by atoms with E-state index in [1.54, 1.807) is 30.3 Å².